The maximum absolute atomic E-state index is 4.93. The first-order valence-electron chi connectivity index (χ1n) is 9.92. The number of hydrazine groups is 2. The third kappa shape index (κ3) is 12.9. The Balaban J connectivity index is 0.000000209. The van der Waals surface area contributed by atoms with Gasteiger partial charge >= 0.3 is 37.9 Å². The molecule has 0 aliphatic rings. The normalized spacial score (nSPS) is 9.03. The number of rotatable bonds is 8. The predicted octanol–water partition coefficient (Wildman–Crippen LogP) is 7.82. The monoisotopic (exact) mass is 556 g/mol. The topological polar surface area (TPSA) is 76.3 Å². The number of hydrogen-bond acceptors (Lipinski definition) is 4. The summed E-state index contributed by atoms with van der Waals surface area (Å²) < 4.78 is 0. The predicted molar refractivity (Wildman–Crippen MR) is 137 cm³/mol. The molecule has 0 spiro atoms. The third-order valence-corrected chi connectivity index (χ3v) is 3.83. The van der Waals surface area contributed by atoms with Gasteiger partial charge in [-0.1, -0.05) is 97.1 Å². The molecular weight excluding hydrogens is 534 g/mol. The van der Waals surface area contributed by atoms with Crippen LogP contribution in [-0.4, -0.2) is 0 Å². The number of anilines is 2. The van der Waals surface area contributed by atoms with Crippen molar-refractivity contribution in [1.29, 1.82) is 0 Å². The molecule has 0 amide bonds. The van der Waals surface area contributed by atoms with Crippen LogP contribution < -0.4 is 21.9 Å². The Labute approximate surface area is 213 Å². The summed E-state index contributed by atoms with van der Waals surface area (Å²) in [6, 6.07) is 39.1. The molecule has 0 aliphatic carbocycles. The second-order valence-corrected chi connectivity index (χ2v) is 9.90. The van der Waals surface area contributed by atoms with Crippen molar-refractivity contribution in [3.8, 4) is 0 Å². The number of nitrogens with zero attached hydrogens (tertiary/aromatic N) is 2. The molecule has 0 bridgehead atoms. The minimum atomic E-state index is -0.826. The van der Waals surface area contributed by atoms with Gasteiger partial charge in [-0.25, -0.2) is 0 Å². The zero-order valence-corrected chi connectivity index (χ0v) is 21.7. The second-order valence-electron chi connectivity index (χ2n) is 6.17. The summed E-state index contributed by atoms with van der Waals surface area (Å²) in [7, 11) is 9.87. The van der Waals surface area contributed by atoms with E-state index in [1.807, 2.05) is 121 Å². The van der Waals surface area contributed by atoms with Crippen LogP contribution in [-0.2, 0) is 20.8 Å². The van der Waals surface area contributed by atoms with E-state index in [2.05, 4.69) is 32.8 Å². The molecule has 4 rings (SSSR count). The molecule has 33 heavy (non-hydrogen) atoms. The Kier molecular flexibility index (Phi) is 14.5. The van der Waals surface area contributed by atoms with Crippen LogP contribution in [0.4, 0.5) is 22.7 Å². The first-order valence-corrected chi connectivity index (χ1v) is 16.2. The van der Waals surface area contributed by atoms with Crippen molar-refractivity contribution in [3.63, 3.8) is 0 Å². The molecule has 168 valence electrons. The first kappa shape index (κ1) is 26.7. The van der Waals surface area contributed by atoms with Crippen molar-refractivity contribution >= 4 is 39.8 Å². The quantitative estimate of drug-likeness (QED) is 0.166. The third-order valence-electron chi connectivity index (χ3n) is 3.83. The Morgan fingerprint density at radius 2 is 0.727 bits per heavy atom. The molecule has 6 nitrogen and oxygen atoms in total. The molecule has 4 aromatic carbocycles. The summed E-state index contributed by atoms with van der Waals surface area (Å²) in [6.07, 6.45) is 0. The number of para-hydroxylation sites is 4. The zero-order chi connectivity index (χ0) is 23.4. The van der Waals surface area contributed by atoms with E-state index in [1.165, 1.54) is 0 Å². The van der Waals surface area contributed by atoms with Crippen LogP contribution in [0, 0.1) is 0 Å². The van der Waals surface area contributed by atoms with Gasteiger partial charge in [-0.05, 0) is 24.3 Å². The van der Waals surface area contributed by atoms with E-state index in [0.29, 0.717) is 0 Å². The molecule has 4 N–H and O–H groups in total. The summed E-state index contributed by atoms with van der Waals surface area (Å²) in [5.74, 6) is 0. The van der Waals surface area contributed by atoms with E-state index >= 15 is 0 Å². The SMILES string of the molecule is [Cl][Zr+2][Cl].c1ccc([N-]NNc2ccccc2)cc1.c1ccc([N-]NNc2ccccc2)cc1. The van der Waals surface area contributed by atoms with Gasteiger partial charge in [0.2, 0.25) is 0 Å². The minimum absolute atomic E-state index is 0.826. The Morgan fingerprint density at radius 3 is 1.03 bits per heavy atom. The van der Waals surface area contributed by atoms with Crippen LogP contribution in [0.5, 0.6) is 0 Å². The molecule has 0 aliphatic heterocycles. The molecule has 0 aromatic heterocycles. The Morgan fingerprint density at radius 1 is 0.455 bits per heavy atom. The van der Waals surface area contributed by atoms with Crippen molar-refractivity contribution in [2.45, 2.75) is 0 Å². The molecule has 0 unspecified atom stereocenters. The fourth-order valence-electron chi connectivity index (χ4n) is 2.36. The molecule has 0 saturated heterocycles. The fraction of sp³-hybridized carbons (Fsp3) is 0. The molecule has 0 fully saturated rings. The molecule has 0 atom stereocenters. The molecule has 0 heterocycles. The Hall–Kier alpha value is -2.54. The largest absolute Gasteiger partial charge is 0.604 e. The summed E-state index contributed by atoms with van der Waals surface area (Å²) in [6.45, 7) is 0. The molecule has 0 saturated carbocycles. The van der Waals surface area contributed by atoms with Crippen LogP contribution in [0.1, 0.15) is 0 Å². The maximum atomic E-state index is 4.93. The van der Waals surface area contributed by atoms with E-state index in [9.17, 15) is 0 Å². The number of benzene rings is 4. The summed E-state index contributed by atoms with van der Waals surface area (Å²) in [4.78, 5) is 0. The van der Waals surface area contributed by atoms with E-state index in [4.69, 9.17) is 17.0 Å². The van der Waals surface area contributed by atoms with E-state index in [0.717, 1.165) is 22.7 Å². The summed E-state index contributed by atoms with van der Waals surface area (Å²) >= 11 is -0.826. The van der Waals surface area contributed by atoms with Crippen molar-refractivity contribution in [3.05, 3.63) is 132 Å². The average molecular weight is 559 g/mol. The van der Waals surface area contributed by atoms with Gasteiger partial charge in [0.25, 0.3) is 0 Å². The van der Waals surface area contributed by atoms with Gasteiger partial charge in [0, 0.05) is 11.4 Å². The maximum Gasteiger partial charge on any atom is 0.0474 e. The minimum Gasteiger partial charge on any atom is -0.604 e. The van der Waals surface area contributed by atoms with Gasteiger partial charge < -0.3 is 32.8 Å². The van der Waals surface area contributed by atoms with Crippen LogP contribution >= 0.6 is 17.0 Å². The standard InChI is InChI=1S/2C12H12N3.2ClH.Zr/c2*1-3-7-11(8-4-1)13-15-14-12-9-5-2-6-10-12;;;/h2*1-10,13,15H;2*1H;/q2*-1;;;+4/p-2. The van der Waals surface area contributed by atoms with Crippen molar-refractivity contribution in [2.75, 3.05) is 10.9 Å². The van der Waals surface area contributed by atoms with Crippen LogP contribution in [0.15, 0.2) is 121 Å². The van der Waals surface area contributed by atoms with Gasteiger partial charge in [-0.2, -0.15) is 0 Å². The summed E-state index contributed by atoms with van der Waals surface area (Å²) in [5.41, 5.74) is 23.6. The number of hydrogen-bond donors (Lipinski definition) is 4. The average Bonchev–Trinajstić information content (AvgIpc) is 2.88. The molecular formula is C24H24Cl2N6Zr. The van der Waals surface area contributed by atoms with Crippen LogP contribution in [0.3, 0.4) is 0 Å². The Bertz CT molecular complexity index is 807. The molecule has 4 aromatic rings. The summed E-state index contributed by atoms with van der Waals surface area (Å²) in [5, 5.41) is 0. The van der Waals surface area contributed by atoms with Crippen molar-refractivity contribution < 1.29 is 20.8 Å². The van der Waals surface area contributed by atoms with Crippen molar-refractivity contribution in [2.24, 2.45) is 0 Å². The van der Waals surface area contributed by atoms with Gasteiger partial charge in [-0.3, -0.25) is 0 Å². The number of nitrogens with one attached hydrogen (secondary N) is 4. The number of halogens is 2. The van der Waals surface area contributed by atoms with Crippen LogP contribution in [0.2, 0.25) is 0 Å². The molecule has 0 radical (unpaired) electrons. The molecule has 9 heteroatoms. The zero-order valence-electron chi connectivity index (χ0n) is 17.7. The fourth-order valence-corrected chi connectivity index (χ4v) is 2.36. The smallest absolute Gasteiger partial charge is 0.0474 e. The van der Waals surface area contributed by atoms with Gasteiger partial charge in [-0.15, -0.1) is 11.4 Å². The van der Waals surface area contributed by atoms with E-state index in [1.54, 1.807) is 0 Å². The van der Waals surface area contributed by atoms with E-state index < -0.39 is 20.8 Å². The second kappa shape index (κ2) is 18.0. The van der Waals surface area contributed by atoms with Gasteiger partial charge in [0.05, 0.1) is 0 Å². The van der Waals surface area contributed by atoms with Gasteiger partial charge in [0.1, 0.15) is 0 Å². The van der Waals surface area contributed by atoms with E-state index in [-0.39, 0.29) is 0 Å². The van der Waals surface area contributed by atoms with Crippen molar-refractivity contribution in [1.82, 2.24) is 11.1 Å². The van der Waals surface area contributed by atoms with Crippen LogP contribution in [0.25, 0.3) is 10.9 Å². The van der Waals surface area contributed by atoms with Gasteiger partial charge in [0.15, 0.2) is 0 Å². The first-order chi connectivity index (χ1) is 16.3.